The fourth-order valence-electron chi connectivity index (χ4n) is 3.67. The first-order chi connectivity index (χ1) is 15.0. The van der Waals surface area contributed by atoms with E-state index < -0.39 is 0 Å². The van der Waals surface area contributed by atoms with E-state index in [1.165, 1.54) is 56.1 Å². The van der Waals surface area contributed by atoms with Crippen LogP contribution in [-0.2, 0) is 0 Å². The molecule has 0 saturated carbocycles. The van der Waals surface area contributed by atoms with Crippen LogP contribution in [0.3, 0.4) is 0 Å². The van der Waals surface area contributed by atoms with Gasteiger partial charge in [-0.05, 0) is 41.8 Å². The van der Waals surface area contributed by atoms with Gasteiger partial charge < -0.3 is 4.74 Å². The van der Waals surface area contributed by atoms with Crippen molar-refractivity contribution in [3.8, 4) is 16.9 Å². The lowest BCUT2D eigenvalue weighted by molar-refractivity contribution is -0.469. The van der Waals surface area contributed by atoms with E-state index >= 15 is 0 Å². The maximum atomic E-state index is 5.93. The van der Waals surface area contributed by atoms with Gasteiger partial charge in [0.05, 0.1) is 40.5 Å². The quantitative estimate of drug-likeness (QED) is 0.183. The minimum Gasteiger partial charge on any atom is -0.494 e. The molecule has 2 rings (SSSR count). The van der Waals surface area contributed by atoms with Gasteiger partial charge in [-0.3, -0.25) is 9.48 Å². The molecule has 0 amide bonds. The fourth-order valence-corrected chi connectivity index (χ4v) is 3.67. The number of guanidine groups is 1. The second-order valence-corrected chi connectivity index (χ2v) is 8.66. The summed E-state index contributed by atoms with van der Waals surface area (Å²) in [7, 11) is 8.15. The van der Waals surface area contributed by atoms with Crippen molar-refractivity contribution < 1.29 is 9.31 Å². The molecule has 1 N–H and O–H groups in total. The molecular formula is C27H42N3O+. The highest BCUT2D eigenvalue weighted by atomic mass is 16.5. The van der Waals surface area contributed by atoms with Crippen molar-refractivity contribution >= 4 is 11.6 Å². The molecule has 0 aliphatic heterocycles. The van der Waals surface area contributed by atoms with Gasteiger partial charge in [0.15, 0.2) is 0 Å². The average molecular weight is 425 g/mol. The number of anilines is 1. The third kappa shape index (κ3) is 9.04. The molecule has 31 heavy (non-hydrogen) atoms. The highest BCUT2D eigenvalue weighted by Gasteiger charge is 2.11. The van der Waals surface area contributed by atoms with Gasteiger partial charge >= 0.3 is 5.96 Å². The normalized spacial score (nSPS) is 10.6. The Hall–Kier alpha value is -2.49. The number of nitrogens with zero attached hydrogens (tertiary/aromatic N) is 2. The summed E-state index contributed by atoms with van der Waals surface area (Å²) in [5.41, 5.74) is 3.48. The van der Waals surface area contributed by atoms with E-state index in [9.17, 15) is 0 Å². The lowest BCUT2D eigenvalue weighted by Crippen LogP contribution is -2.36. The summed E-state index contributed by atoms with van der Waals surface area (Å²) in [4.78, 5) is 2.07. The van der Waals surface area contributed by atoms with Crippen molar-refractivity contribution in [2.24, 2.45) is 0 Å². The van der Waals surface area contributed by atoms with E-state index in [1.807, 2.05) is 28.2 Å². The van der Waals surface area contributed by atoms with Gasteiger partial charge in [0.25, 0.3) is 0 Å². The van der Waals surface area contributed by atoms with Crippen LogP contribution in [0.25, 0.3) is 11.1 Å². The first-order valence-corrected chi connectivity index (χ1v) is 11.8. The van der Waals surface area contributed by atoms with Gasteiger partial charge in [-0.25, -0.2) is 5.32 Å². The van der Waals surface area contributed by atoms with Gasteiger partial charge in [0.2, 0.25) is 0 Å². The molecule has 4 heteroatoms. The van der Waals surface area contributed by atoms with Gasteiger partial charge in [-0.2, -0.15) is 0 Å². The highest BCUT2D eigenvalue weighted by molar-refractivity contribution is 5.89. The molecule has 2 aromatic carbocycles. The number of benzene rings is 2. The van der Waals surface area contributed by atoms with E-state index in [-0.39, 0.29) is 0 Å². The van der Waals surface area contributed by atoms with E-state index in [0.717, 1.165) is 30.4 Å². The summed E-state index contributed by atoms with van der Waals surface area (Å²) in [5, 5.41) is 3.46. The second-order valence-electron chi connectivity index (χ2n) is 8.66. The maximum Gasteiger partial charge on any atom is 0.352 e. The van der Waals surface area contributed by atoms with Crippen LogP contribution >= 0.6 is 0 Å². The largest absolute Gasteiger partial charge is 0.494 e. The molecule has 0 heterocycles. The zero-order chi connectivity index (χ0) is 22.5. The Balaban J connectivity index is 1.77. The van der Waals surface area contributed by atoms with Crippen LogP contribution in [-0.4, -0.2) is 50.2 Å². The Morgan fingerprint density at radius 1 is 0.774 bits per heavy atom. The van der Waals surface area contributed by atoms with Crippen LogP contribution in [0.1, 0.15) is 58.3 Å². The van der Waals surface area contributed by atoms with Gasteiger partial charge in [0.1, 0.15) is 5.75 Å². The van der Waals surface area contributed by atoms with Crippen LogP contribution in [0, 0.1) is 0 Å². The van der Waals surface area contributed by atoms with E-state index in [0.29, 0.717) is 0 Å². The molecule has 0 saturated heterocycles. The van der Waals surface area contributed by atoms with Crippen molar-refractivity contribution in [3.05, 3.63) is 48.5 Å². The van der Waals surface area contributed by atoms with Crippen LogP contribution < -0.4 is 10.1 Å². The molecule has 0 spiro atoms. The third-order valence-electron chi connectivity index (χ3n) is 5.44. The van der Waals surface area contributed by atoms with Gasteiger partial charge in [0, 0.05) is 0 Å². The maximum absolute atomic E-state index is 5.93. The van der Waals surface area contributed by atoms with E-state index in [2.05, 4.69) is 70.2 Å². The molecule has 0 aliphatic carbocycles. The number of ether oxygens (including phenoxy) is 1. The van der Waals surface area contributed by atoms with Gasteiger partial charge in [-0.1, -0.05) is 76.1 Å². The number of nitrogens with one attached hydrogen (secondary N) is 1. The molecule has 2 aromatic rings. The zero-order valence-electron chi connectivity index (χ0n) is 20.3. The van der Waals surface area contributed by atoms with Crippen molar-refractivity contribution in [1.29, 1.82) is 0 Å². The number of hydrogen-bond acceptors (Lipinski definition) is 1. The zero-order valence-corrected chi connectivity index (χ0v) is 20.3. The number of unbranched alkanes of at least 4 members (excludes halogenated alkanes) is 7. The molecule has 0 radical (unpaired) electrons. The number of hydrogen-bond donors (Lipinski definition) is 1. The number of rotatable bonds is 12. The van der Waals surface area contributed by atoms with E-state index in [4.69, 9.17) is 4.74 Å². The molecule has 4 nitrogen and oxygen atoms in total. The molecule has 0 aliphatic rings. The van der Waals surface area contributed by atoms with Crippen molar-refractivity contribution in [1.82, 2.24) is 4.90 Å². The molecule has 170 valence electrons. The van der Waals surface area contributed by atoms with Crippen molar-refractivity contribution in [2.75, 3.05) is 40.1 Å². The Morgan fingerprint density at radius 2 is 1.29 bits per heavy atom. The minimum absolute atomic E-state index is 0.811. The Kier molecular flexibility index (Phi) is 11.0. The van der Waals surface area contributed by atoms with Crippen LogP contribution in [0.4, 0.5) is 5.69 Å². The Labute approximate surface area is 189 Å². The summed E-state index contributed by atoms with van der Waals surface area (Å²) < 4.78 is 8.00. The summed E-state index contributed by atoms with van der Waals surface area (Å²) in [6, 6.07) is 17.0. The van der Waals surface area contributed by atoms with Crippen LogP contribution in [0.2, 0.25) is 0 Å². The lowest BCUT2D eigenvalue weighted by Gasteiger charge is -2.13. The molecule has 0 fully saturated rings. The minimum atomic E-state index is 0.811. The Morgan fingerprint density at radius 3 is 1.81 bits per heavy atom. The molecular weight excluding hydrogens is 382 g/mol. The molecule has 0 unspecified atom stereocenters. The summed E-state index contributed by atoms with van der Waals surface area (Å²) >= 11 is 0. The van der Waals surface area contributed by atoms with E-state index in [1.54, 1.807) is 0 Å². The third-order valence-corrected chi connectivity index (χ3v) is 5.44. The summed E-state index contributed by atoms with van der Waals surface area (Å²) in [5.74, 6) is 2.01. The second kappa shape index (κ2) is 13.7. The molecule has 0 bridgehead atoms. The van der Waals surface area contributed by atoms with Crippen molar-refractivity contribution in [3.63, 3.8) is 0 Å². The van der Waals surface area contributed by atoms with Gasteiger partial charge in [-0.15, -0.1) is 0 Å². The SMILES string of the molecule is CCCCCCCCCCOc1ccc(-c2ccc(NC(N(C)C)=[N+](C)C)cc2)cc1. The molecule has 0 atom stereocenters. The fraction of sp³-hybridized carbons (Fsp3) is 0.519. The predicted octanol–water partition coefficient (Wildman–Crippen LogP) is 6.47. The summed E-state index contributed by atoms with van der Waals surface area (Å²) in [6.07, 6.45) is 10.6. The highest BCUT2D eigenvalue weighted by Crippen LogP contribution is 2.24. The summed E-state index contributed by atoms with van der Waals surface area (Å²) in [6.45, 7) is 3.08. The Bertz CT molecular complexity index is 775. The first kappa shape index (κ1) is 24.8. The molecule has 0 aromatic heterocycles. The van der Waals surface area contributed by atoms with Crippen LogP contribution in [0.5, 0.6) is 5.75 Å². The average Bonchev–Trinajstić information content (AvgIpc) is 2.77. The smallest absolute Gasteiger partial charge is 0.352 e. The first-order valence-electron chi connectivity index (χ1n) is 11.8. The van der Waals surface area contributed by atoms with Crippen LogP contribution in [0.15, 0.2) is 48.5 Å². The lowest BCUT2D eigenvalue weighted by atomic mass is 10.1. The van der Waals surface area contributed by atoms with Crippen molar-refractivity contribution in [2.45, 2.75) is 58.3 Å². The standard InChI is InChI=1S/C27H41N3O/c1-6-7-8-9-10-11-12-13-22-31-26-20-16-24(17-21-26)23-14-18-25(19-15-23)28-27(29(2)3)30(4)5/h14-21H,6-13,22H2,1-5H3/p+1. The monoisotopic (exact) mass is 424 g/mol. The predicted molar refractivity (Wildman–Crippen MR) is 134 cm³/mol. The topological polar surface area (TPSA) is 27.5 Å².